The fourth-order valence-corrected chi connectivity index (χ4v) is 5.11. The SMILES string of the molecule is CCc1ccc(C2(C)CC(C)(C)N(C(=O)c3ccc([N+](=O)[O-])cc3)c3ccccc32)cc1. The zero-order valence-electron chi connectivity index (χ0n) is 19.0. The van der Waals surface area contributed by atoms with Crippen molar-refractivity contribution in [3.05, 3.63) is 105 Å². The van der Waals surface area contributed by atoms with Crippen molar-refractivity contribution in [2.75, 3.05) is 4.90 Å². The molecular weight excluding hydrogens is 400 g/mol. The number of para-hydroxylation sites is 1. The van der Waals surface area contributed by atoms with Crippen LogP contribution in [0.5, 0.6) is 0 Å². The Hall–Kier alpha value is -3.47. The molecule has 0 fully saturated rings. The summed E-state index contributed by atoms with van der Waals surface area (Å²) in [5.74, 6) is -0.152. The molecule has 0 aliphatic carbocycles. The largest absolute Gasteiger partial charge is 0.302 e. The quantitative estimate of drug-likeness (QED) is 0.362. The molecule has 0 aromatic heterocycles. The Morgan fingerprint density at radius 2 is 1.59 bits per heavy atom. The van der Waals surface area contributed by atoms with Crippen molar-refractivity contribution in [3.63, 3.8) is 0 Å². The Morgan fingerprint density at radius 3 is 2.19 bits per heavy atom. The highest BCUT2D eigenvalue weighted by Crippen LogP contribution is 2.50. The summed E-state index contributed by atoms with van der Waals surface area (Å²) in [5.41, 5.74) is 4.22. The standard InChI is InChI=1S/C27H28N2O3/c1-5-19-10-14-21(15-11-19)27(4)18-26(2,3)28(24-9-7-6-8-23(24)27)25(30)20-12-16-22(17-13-20)29(31)32/h6-17H,5,18H2,1-4H3. The molecule has 3 aromatic carbocycles. The molecule has 1 amide bonds. The highest BCUT2D eigenvalue weighted by atomic mass is 16.6. The highest BCUT2D eigenvalue weighted by molar-refractivity contribution is 6.08. The lowest BCUT2D eigenvalue weighted by Crippen LogP contribution is -2.55. The smallest absolute Gasteiger partial charge is 0.269 e. The van der Waals surface area contributed by atoms with Gasteiger partial charge < -0.3 is 4.90 Å². The van der Waals surface area contributed by atoms with Crippen molar-refractivity contribution >= 4 is 17.3 Å². The zero-order valence-corrected chi connectivity index (χ0v) is 19.0. The average molecular weight is 429 g/mol. The van der Waals surface area contributed by atoms with Gasteiger partial charge in [-0.05, 0) is 61.6 Å². The Balaban J connectivity index is 1.81. The minimum absolute atomic E-state index is 0.0250. The molecule has 0 N–H and O–H groups in total. The fraction of sp³-hybridized carbons (Fsp3) is 0.296. The first-order valence-corrected chi connectivity index (χ1v) is 11.0. The third-order valence-corrected chi connectivity index (χ3v) is 6.66. The molecule has 1 aliphatic rings. The van der Waals surface area contributed by atoms with Crippen molar-refractivity contribution in [2.24, 2.45) is 0 Å². The van der Waals surface area contributed by atoms with Crippen LogP contribution in [0.1, 0.15) is 61.2 Å². The van der Waals surface area contributed by atoms with Gasteiger partial charge in [-0.15, -0.1) is 0 Å². The minimum atomic E-state index is -0.467. The van der Waals surface area contributed by atoms with Crippen LogP contribution in [0.15, 0.2) is 72.8 Å². The maximum atomic E-state index is 13.6. The number of fused-ring (bicyclic) bond motifs is 1. The van der Waals surface area contributed by atoms with Crippen LogP contribution < -0.4 is 4.90 Å². The van der Waals surface area contributed by atoms with E-state index in [2.05, 4.69) is 58.0 Å². The number of carbonyl (C=O) groups is 1. The molecule has 1 unspecified atom stereocenters. The first-order chi connectivity index (χ1) is 15.2. The van der Waals surface area contributed by atoms with E-state index in [1.807, 2.05) is 23.1 Å². The van der Waals surface area contributed by atoms with E-state index in [-0.39, 0.29) is 17.0 Å². The summed E-state index contributed by atoms with van der Waals surface area (Å²) in [6.07, 6.45) is 1.75. The van der Waals surface area contributed by atoms with Crippen LogP contribution in [0.25, 0.3) is 0 Å². The first-order valence-electron chi connectivity index (χ1n) is 11.0. The number of nitro benzene ring substituents is 1. The topological polar surface area (TPSA) is 63.5 Å². The van der Waals surface area contributed by atoms with Crippen molar-refractivity contribution < 1.29 is 9.72 Å². The van der Waals surface area contributed by atoms with E-state index in [0.717, 1.165) is 24.1 Å². The predicted molar refractivity (Wildman–Crippen MR) is 127 cm³/mol. The van der Waals surface area contributed by atoms with E-state index >= 15 is 0 Å². The number of benzene rings is 3. The Bertz CT molecular complexity index is 1170. The Morgan fingerprint density at radius 1 is 0.969 bits per heavy atom. The molecule has 1 atom stereocenters. The summed E-state index contributed by atoms with van der Waals surface area (Å²) in [6.45, 7) is 8.58. The number of aryl methyl sites for hydroxylation is 1. The normalized spacial score (nSPS) is 19.3. The summed E-state index contributed by atoms with van der Waals surface area (Å²) >= 11 is 0. The average Bonchev–Trinajstić information content (AvgIpc) is 2.78. The summed E-state index contributed by atoms with van der Waals surface area (Å²) < 4.78 is 0. The molecule has 5 nitrogen and oxygen atoms in total. The maximum Gasteiger partial charge on any atom is 0.269 e. The van der Waals surface area contributed by atoms with E-state index in [1.165, 1.54) is 35.4 Å². The maximum absolute atomic E-state index is 13.6. The van der Waals surface area contributed by atoms with Gasteiger partial charge in [0.05, 0.1) is 4.92 Å². The van der Waals surface area contributed by atoms with Crippen LogP contribution in [0.2, 0.25) is 0 Å². The van der Waals surface area contributed by atoms with Crippen molar-refractivity contribution in [1.82, 2.24) is 0 Å². The summed E-state index contributed by atoms with van der Waals surface area (Å²) in [6, 6.07) is 22.7. The molecule has 4 rings (SSSR count). The van der Waals surface area contributed by atoms with Crippen LogP contribution in [0.3, 0.4) is 0 Å². The van der Waals surface area contributed by atoms with Gasteiger partial charge in [-0.1, -0.05) is 56.3 Å². The molecule has 0 saturated heterocycles. The number of nitrogens with zero attached hydrogens (tertiary/aromatic N) is 2. The van der Waals surface area contributed by atoms with Gasteiger partial charge in [0, 0.05) is 34.3 Å². The third kappa shape index (κ3) is 3.58. The number of amides is 1. The number of nitro groups is 1. The van der Waals surface area contributed by atoms with Crippen molar-refractivity contribution in [1.29, 1.82) is 0 Å². The van der Waals surface area contributed by atoms with E-state index in [1.54, 1.807) is 0 Å². The Kier molecular flexibility index (Phi) is 5.37. The number of hydrogen-bond acceptors (Lipinski definition) is 3. The summed E-state index contributed by atoms with van der Waals surface area (Å²) in [4.78, 5) is 26.1. The number of hydrogen-bond donors (Lipinski definition) is 0. The number of non-ortho nitro benzene ring substituents is 1. The van der Waals surface area contributed by atoms with Gasteiger partial charge in [-0.2, -0.15) is 0 Å². The predicted octanol–water partition coefficient (Wildman–Crippen LogP) is 6.29. The molecule has 0 bridgehead atoms. The summed E-state index contributed by atoms with van der Waals surface area (Å²) in [7, 11) is 0. The molecule has 164 valence electrons. The second-order valence-corrected chi connectivity index (χ2v) is 9.33. The zero-order chi connectivity index (χ0) is 23.1. The van der Waals surface area contributed by atoms with Gasteiger partial charge in [0.2, 0.25) is 0 Å². The fourth-order valence-electron chi connectivity index (χ4n) is 5.11. The highest BCUT2D eigenvalue weighted by Gasteiger charge is 2.47. The number of carbonyl (C=O) groups excluding carboxylic acids is 1. The molecule has 3 aromatic rings. The van der Waals surface area contributed by atoms with E-state index in [9.17, 15) is 14.9 Å². The number of anilines is 1. The van der Waals surface area contributed by atoms with Gasteiger partial charge in [0.1, 0.15) is 0 Å². The van der Waals surface area contributed by atoms with Gasteiger partial charge in [0.25, 0.3) is 11.6 Å². The molecule has 1 aliphatic heterocycles. The van der Waals surface area contributed by atoms with E-state index < -0.39 is 10.5 Å². The van der Waals surface area contributed by atoms with Crippen LogP contribution in [-0.4, -0.2) is 16.4 Å². The minimum Gasteiger partial charge on any atom is -0.302 e. The van der Waals surface area contributed by atoms with Crippen molar-refractivity contribution in [2.45, 2.75) is 51.5 Å². The lowest BCUT2D eigenvalue weighted by molar-refractivity contribution is -0.384. The monoisotopic (exact) mass is 428 g/mol. The second kappa shape index (κ2) is 7.90. The molecule has 1 heterocycles. The van der Waals surface area contributed by atoms with Crippen molar-refractivity contribution in [3.8, 4) is 0 Å². The first kappa shape index (κ1) is 21.8. The lowest BCUT2D eigenvalue weighted by Gasteiger charge is -2.51. The Labute approximate surface area is 188 Å². The molecular formula is C27H28N2O3. The van der Waals surface area contributed by atoms with E-state index in [0.29, 0.717) is 5.56 Å². The van der Waals surface area contributed by atoms with Crippen LogP contribution in [0, 0.1) is 10.1 Å². The van der Waals surface area contributed by atoms with Gasteiger partial charge in [-0.25, -0.2) is 0 Å². The molecule has 0 radical (unpaired) electrons. The third-order valence-electron chi connectivity index (χ3n) is 6.66. The molecule has 32 heavy (non-hydrogen) atoms. The van der Waals surface area contributed by atoms with Gasteiger partial charge in [0.15, 0.2) is 0 Å². The second-order valence-electron chi connectivity index (χ2n) is 9.33. The van der Waals surface area contributed by atoms with E-state index in [4.69, 9.17) is 0 Å². The lowest BCUT2D eigenvalue weighted by atomic mass is 9.65. The molecule has 5 heteroatoms. The van der Waals surface area contributed by atoms with Gasteiger partial charge in [-0.3, -0.25) is 14.9 Å². The van der Waals surface area contributed by atoms with Crippen LogP contribution in [0.4, 0.5) is 11.4 Å². The molecule has 0 saturated carbocycles. The van der Waals surface area contributed by atoms with Crippen LogP contribution in [-0.2, 0) is 11.8 Å². The van der Waals surface area contributed by atoms with Crippen LogP contribution >= 0.6 is 0 Å². The summed E-state index contributed by atoms with van der Waals surface area (Å²) in [5, 5.41) is 11.0. The van der Waals surface area contributed by atoms with Gasteiger partial charge >= 0.3 is 0 Å². The molecule has 0 spiro atoms. The number of rotatable bonds is 4.